The standard InChI is InChI=1S/C22H27F2N/c1-2-3-16-6-10-19(11-7-16)20-12-8-17(9-13-20)4-5-18-14-21(23)22(24)25-15-18/h8-9,12-16,19H,2-7,10-11H2,1H3/t16-,19-. The Morgan fingerprint density at radius 1 is 0.960 bits per heavy atom. The van der Waals surface area contributed by atoms with Gasteiger partial charge in [0.2, 0.25) is 5.95 Å². The summed E-state index contributed by atoms with van der Waals surface area (Å²) in [6, 6.07) is 10.1. The number of aromatic nitrogens is 1. The zero-order valence-corrected chi connectivity index (χ0v) is 15.0. The largest absolute Gasteiger partial charge is 0.248 e. The summed E-state index contributed by atoms with van der Waals surface area (Å²) in [4.78, 5) is 3.44. The van der Waals surface area contributed by atoms with Crippen LogP contribution in [0.3, 0.4) is 0 Å². The van der Waals surface area contributed by atoms with Crippen LogP contribution in [0.4, 0.5) is 8.78 Å². The topological polar surface area (TPSA) is 12.9 Å². The number of pyridine rings is 1. The second-order valence-electron chi connectivity index (χ2n) is 7.36. The van der Waals surface area contributed by atoms with Gasteiger partial charge in [-0.3, -0.25) is 0 Å². The molecule has 3 heteroatoms. The van der Waals surface area contributed by atoms with Gasteiger partial charge in [0.25, 0.3) is 0 Å². The maximum atomic E-state index is 13.2. The monoisotopic (exact) mass is 343 g/mol. The molecule has 0 saturated heterocycles. The van der Waals surface area contributed by atoms with E-state index in [2.05, 4.69) is 36.2 Å². The second-order valence-corrected chi connectivity index (χ2v) is 7.36. The van der Waals surface area contributed by atoms with Crippen molar-refractivity contribution in [2.24, 2.45) is 5.92 Å². The minimum atomic E-state index is -1.03. The van der Waals surface area contributed by atoms with Gasteiger partial charge in [-0.1, -0.05) is 44.0 Å². The van der Waals surface area contributed by atoms with Gasteiger partial charge in [-0.05, 0) is 73.1 Å². The Morgan fingerprint density at radius 3 is 2.28 bits per heavy atom. The Morgan fingerprint density at radius 2 is 1.64 bits per heavy atom. The molecule has 1 aliphatic carbocycles. The normalized spacial score (nSPS) is 20.6. The lowest BCUT2D eigenvalue weighted by molar-refractivity contribution is 0.308. The molecule has 3 rings (SSSR count). The summed E-state index contributed by atoms with van der Waals surface area (Å²) in [6.07, 6.45) is 10.9. The Bertz CT molecular complexity index is 673. The van der Waals surface area contributed by atoms with Crippen LogP contribution < -0.4 is 0 Å². The first kappa shape index (κ1) is 18.0. The van der Waals surface area contributed by atoms with Crippen molar-refractivity contribution in [3.05, 3.63) is 65.0 Å². The molecular formula is C22H27F2N. The zero-order chi connectivity index (χ0) is 17.6. The highest BCUT2D eigenvalue weighted by Crippen LogP contribution is 2.37. The quantitative estimate of drug-likeness (QED) is 0.567. The predicted molar refractivity (Wildman–Crippen MR) is 97.6 cm³/mol. The first-order valence-electron chi connectivity index (χ1n) is 9.54. The SMILES string of the molecule is CCC[C@H]1CC[C@H](c2ccc(CCc3cnc(F)c(F)c3)cc2)CC1. The first-order valence-corrected chi connectivity index (χ1v) is 9.54. The van der Waals surface area contributed by atoms with E-state index in [9.17, 15) is 8.78 Å². The van der Waals surface area contributed by atoms with Gasteiger partial charge in [0.05, 0.1) is 0 Å². The summed E-state index contributed by atoms with van der Waals surface area (Å²) in [7, 11) is 0. The number of benzene rings is 1. The van der Waals surface area contributed by atoms with Gasteiger partial charge in [-0.15, -0.1) is 0 Å². The molecule has 1 aromatic heterocycles. The lowest BCUT2D eigenvalue weighted by Gasteiger charge is -2.28. The summed E-state index contributed by atoms with van der Waals surface area (Å²) in [5.41, 5.74) is 3.42. The van der Waals surface area contributed by atoms with E-state index in [4.69, 9.17) is 0 Å². The molecule has 1 aliphatic rings. The fourth-order valence-corrected chi connectivity index (χ4v) is 4.04. The van der Waals surface area contributed by atoms with E-state index in [-0.39, 0.29) is 0 Å². The fourth-order valence-electron chi connectivity index (χ4n) is 4.04. The van der Waals surface area contributed by atoms with Gasteiger partial charge in [0, 0.05) is 6.20 Å². The molecule has 25 heavy (non-hydrogen) atoms. The Hall–Kier alpha value is -1.77. The molecule has 134 valence electrons. The molecule has 1 nitrogen and oxygen atoms in total. The Kier molecular flexibility index (Phi) is 6.17. The highest BCUT2D eigenvalue weighted by atomic mass is 19.2. The molecule has 0 N–H and O–H groups in total. The van der Waals surface area contributed by atoms with E-state index in [1.165, 1.54) is 61.9 Å². The molecule has 1 fully saturated rings. The van der Waals surface area contributed by atoms with Crippen LogP contribution in [0.1, 0.15) is 68.1 Å². The first-order chi connectivity index (χ1) is 12.2. The van der Waals surface area contributed by atoms with Crippen molar-refractivity contribution in [2.75, 3.05) is 0 Å². The molecular weight excluding hydrogens is 316 g/mol. The summed E-state index contributed by atoms with van der Waals surface area (Å²) >= 11 is 0. The third-order valence-corrected chi connectivity index (χ3v) is 5.55. The summed E-state index contributed by atoms with van der Waals surface area (Å²) in [5.74, 6) is -0.254. The lowest BCUT2D eigenvalue weighted by Crippen LogP contribution is -2.13. The molecule has 1 saturated carbocycles. The average Bonchev–Trinajstić information content (AvgIpc) is 2.64. The van der Waals surface area contributed by atoms with Crippen molar-refractivity contribution in [1.29, 1.82) is 0 Å². The van der Waals surface area contributed by atoms with Crippen LogP contribution in [0, 0.1) is 17.7 Å². The molecule has 0 amide bonds. The molecule has 0 unspecified atom stereocenters. The predicted octanol–water partition coefficient (Wildman–Crippen LogP) is 6.22. The van der Waals surface area contributed by atoms with E-state index in [0.29, 0.717) is 12.3 Å². The Labute approximate surface area is 149 Å². The van der Waals surface area contributed by atoms with Gasteiger partial charge in [-0.2, -0.15) is 4.39 Å². The van der Waals surface area contributed by atoms with Gasteiger partial charge in [-0.25, -0.2) is 9.37 Å². The van der Waals surface area contributed by atoms with Crippen LogP contribution in [0.15, 0.2) is 36.5 Å². The van der Waals surface area contributed by atoms with E-state index in [1.54, 1.807) is 0 Å². The summed E-state index contributed by atoms with van der Waals surface area (Å²) < 4.78 is 26.1. The Balaban J connectivity index is 1.53. The number of hydrogen-bond acceptors (Lipinski definition) is 1. The molecule has 0 radical (unpaired) electrons. The second kappa shape index (κ2) is 8.55. The third kappa shape index (κ3) is 4.87. The minimum absolute atomic E-state index is 0.672. The molecule has 1 aromatic carbocycles. The summed E-state index contributed by atoms with van der Waals surface area (Å²) in [6.45, 7) is 2.28. The number of rotatable bonds is 6. The fraction of sp³-hybridized carbons (Fsp3) is 0.500. The van der Waals surface area contributed by atoms with Crippen LogP contribution >= 0.6 is 0 Å². The van der Waals surface area contributed by atoms with E-state index >= 15 is 0 Å². The van der Waals surface area contributed by atoms with Crippen molar-refractivity contribution in [1.82, 2.24) is 4.98 Å². The van der Waals surface area contributed by atoms with Gasteiger partial charge < -0.3 is 0 Å². The highest BCUT2D eigenvalue weighted by Gasteiger charge is 2.21. The maximum absolute atomic E-state index is 13.2. The lowest BCUT2D eigenvalue weighted by atomic mass is 9.77. The van der Waals surface area contributed by atoms with E-state index in [1.807, 2.05) is 0 Å². The van der Waals surface area contributed by atoms with Crippen LogP contribution in [-0.2, 0) is 12.8 Å². The summed E-state index contributed by atoms with van der Waals surface area (Å²) in [5, 5.41) is 0. The molecule has 1 heterocycles. The number of aryl methyl sites for hydroxylation is 2. The zero-order valence-electron chi connectivity index (χ0n) is 15.0. The third-order valence-electron chi connectivity index (χ3n) is 5.55. The van der Waals surface area contributed by atoms with Gasteiger partial charge >= 0.3 is 0 Å². The van der Waals surface area contributed by atoms with Crippen LogP contribution in [0.2, 0.25) is 0 Å². The van der Waals surface area contributed by atoms with Crippen molar-refractivity contribution in [3.63, 3.8) is 0 Å². The van der Waals surface area contributed by atoms with Gasteiger partial charge in [0.1, 0.15) is 0 Å². The number of nitrogens with zero attached hydrogens (tertiary/aromatic N) is 1. The highest BCUT2D eigenvalue weighted by molar-refractivity contribution is 5.27. The molecule has 0 spiro atoms. The molecule has 0 aliphatic heterocycles. The molecule has 2 aromatic rings. The average molecular weight is 343 g/mol. The number of halogens is 2. The van der Waals surface area contributed by atoms with Crippen LogP contribution in [-0.4, -0.2) is 4.98 Å². The van der Waals surface area contributed by atoms with Crippen molar-refractivity contribution < 1.29 is 8.78 Å². The van der Waals surface area contributed by atoms with Gasteiger partial charge in [0.15, 0.2) is 5.82 Å². The molecule has 0 bridgehead atoms. The number of hydrogen-bond donors (Lipinski definition) is 0. The molecule has 0 atom stereocenters. The van der Waals surface area contributed by atoms with Crippen LogP contribution in [0.25, 0.3) is 0 Å². The van der Waals surface area contributed by atoms with Crippen molar-refractivity contribution in [2.45, 2.75) is 64.2 Å². The maximum Gasteiger partial charge on any atom is 0.248 e. The smallest absolute Gasteiger partial charge is 0.225 e. The van der Waals surface area contributed by atoms with Crippen LogP contribution in [0.5, 0.6) is 0 Å². The van der Waals surface area contributed by atoms with Crippen molar-refractivity contribution >= 4 is 0 Å². The minimum Gasteiger partial charge on any atom is -0.225 e. The van der Waals surface area contributed by atoms with Crippen molar-refractivity contribution in [3.8, 4) is 0 Å². The van der Waals surface area contributed by atoms with E-state index in [0.717, 1.165) is 17.9 Å². The van der Waals surface area contributed by atoms with E-state index < -0.39 is 11.8 Å².